The zero-order valence-electron chi connectivity index (χ0n) is 9.33. The van der Waals surface area contributed by atoms with Crippen LogP contribution in [-0.4, -0.2) is 23.9 Å². The highest BCUT2D eigenvalue weighted by molar-refractivity contribution is 5.86. The zero-order valence-corrected chi connectivity index (χ0v) is 9.33. The van der Waals surface area contributed by atoms with E-state index in [2.05, 4.69) is 13.0 Å². The lowest BCUT2D eigenvalue weighted by molar-refractivity contribution is -0.144. The van der Waals surface area contributed by atoms with Gasteiger partial charge in [-0.3, -0.25) is 4.79 Å². The van der Waals surface area contributed by atoms with Crippen molar-refractivity contribution in [2.45, 2.75) is 39.0 Å². The number of rotatable bonds is 1. The highest BCUT2D eigenvalue weighted by Crippen LogP contribution is 2.42. The maximum Gasteiger partial charge on any atom is 0.243 e. The van der Waals surface area contributed by atoms with Gasteiger partial charge in [0.2, 0.25) is 5.91 Å². The summed E-state index contributed by atoms with van der Waals surface area (Å²) in [6, 6.07) is 2.24. The van der Waals surface area contributed by atoms with E-state index in [1.807, 2.05) is 4.90 Å². The molecule has 1 aliphatic heterocycles. The fourth-order valence-electron chi connectivity index (χ4n) is 2.58. The summed E-state index contributed by atoms with van der Waals surface area (Å²) < 4.78 is 0. The van der Waals surface area contributed by atoms with E-state index in [0.29, 0.717) is 5.92 Å². The van der Waals surface area contributed by atoms with Gasteiger partial charge in [-0.2, -0.15) is 5.26 Å². The quantitative estimate of drug-likeness (QED) is 0.658. The molecule has 0 aromatic heterocycles. The van der Waals surface area contributed by atoms with Gasteiger partial charge >= 0.3 is 0 Å². The number of piperidine rings is 1. The summed E-state index contributed by atoms with van der Waals surface area (Å²) in [4.78, 5) is 14.1. The van der Waals surface area contributed by atoms with Gasteiger partial charge in [0.1, 0.15) is 5.41 Å². The van der Waals surface area contributed by atoms with E-state index < -0.39 is 5.41 Å². The van der Waals surface area contributed by atoms with E-state index in [4.69, 9.17) is 5.26 Å². The van der Waals surface area contributed by atoms with Crippen molar-refractivity contribution in [2.75, 3.05) is 13.1 Å². The van der Waals surface area contributed by atoms with Gasteiger partial charge in [-0.25, -0.2) is 0 Å². The Morgan fingerprint density at radius 2 is 2.20 bits per heavy atom. The van der Waals surface area contributed by atoms with Crippen LogP contribution < -0.4 is 0 Å². The van der Waals surface area contributed by atoms with Gasteiger partial charge in [-0.1, -0.05) is 6.92 Å². The fraction of sp³-hybridized carbons (Fsp3) is 0.833. The van der Waals surface area contributed by atoms with Crippen LogP contribution in [0.25, 0.3) is 0 Å². The van der Waals surface area contributed by atoms with E-state index in [9.17, 15) is 4.79 Å². The minimum atomic E-state index is -0.642. The molecule has 3 nitrogen and oxygen atoms in total. The molecule has 1 saturated heterocycles. The summed E-state index contributed by atoms with van der Waals surface area (Å²) in [5.74, 6) is 0.696. The lowest BCUT2D eigenvalue weighted by Crippen LogP contribution is -2.50. The van der Waals surface area contributed by atoms with Crippen LogP contribution in [0.4, 0.5) is 0 Å². The van der Waals surface area contributed by atoms with Gasteiger partial charge in [0.15, 0.2) is 0 Å². The number of carbonyl (C=O) groups is 1. The van der Waals surface area contributed by atoms with Crippen LogP contribution in [0, 0.1) is 22.7 Å². The lowest BCUT2D eigenvalue weighted by atomic mass is 9.68. The molecule has 0 N–H and O–H groups in total. The molecule has 3 heteroatoms. The first-order valence-electron chi connectivity index (χ1n) is 5.88. The largest absolute Gasteiger partial charge is 0.341 e. The summed E-state index contributed by atoms with van der Waals surface area (Å²) in [5.41, 5.74) is -0.642. The number of nitriles is 1. The number of carbonyl (C=O) groups excluding carboxylic acids is 1. The Hall–Kier alpha value is -1.04. The molecule has 2 fully saturated rings. The van der Waals surface area contributed by atoms with Crippen molar-refractivity contribution in [2.24, 2.45) is 11.3 Å². The van der Waals surface area contributed by atoms with Crippen molar-refractivity contribution in [1.29, 1.82) is 5.26 Å². The van der Waals surface area contributed by atoms with Gasteiger partial charge in [0.25, 0.3) is 0 Å². The molecular weight excluding hydrogens is 188 g/mol. The number of amides is 1. The highest BCUT2D eigenvalue weighted by Gasteiger charge is 2.47. The first-order chi connectivity index (χ1) is 7.18. The van der Waals surface area contributed by atoms with Gasteiger partial charge in [0, 0.05) is 13.1 Å². The van der Waals surface area contributed by atoms with Crippen LogP contribution in [0.3, 0.4) is 0 Å². The zero-order chi connectivity index (χ0) is 10.9. The van der Waals surface area contributed by atoms with Gasteiger partial charge in [0.05, 0.1) is 6.07 Å². The van der Waals surface area contributed by atoms with Gasteiger partial charge < -0.3 is 4.90 Å². The van der Waals surface area contributed by atoms with Crippen molar-refractivity contribution in [3.63, 3.8) is 0 Å². The SMILES string of the molecule is CC1CCCN(C(=O)C2(C#N)CCC2)C1. The molecule has 1 aliphatic carbocycles. The topological polar surface area (TPSA) is 44.1 Å². The summed E-state index contributed by atoms with van der Waals surface area (Å²) in [7, 11) is 0. The van der Waals surface area contributed by atoms with Crippen molar-refractivity contribution >= 4 is 5.91 Å². The van der Waals surface area contributed by atoms with Crippen molar-refractivity contribution in [1.82, 2.24) is 4.90 Å². The number of nitrogens with zero attached hydrogens (tertiary/aromatic N) is 2. The minimum Gasteiger partial charge on any atom is -0.341 e. The Morgan fingerprint density at radius 1 is 1.47 bits per heavy atom. The predicted octanol–water partition coefficient (Wildman–Crippen LogP) is 1.94. The third-order valence-corrected chi connectivity index (χ3v) is 3.77. The predicted molar refractivity (Wildman–Crippen MR) is 56.9 cm³/mol. The van der Waals surface area contributed by atoms with E-state index in [1.54, 1.807) is 0 Å². The number of hydrogen-bond acceptors (Lipinski definition) is 2. The van der Waals surface area contributed by atoms with Crippen LogP contribution in [0.2, 0.25) is 0 Å². The average molecular weight is 206 g/mol. The lowest BCUT2D eigenvalue weighted by Gasteiger charge is -2.40. The number of likely N-dealkylation sites (tertiary alicyclic amines) is 1. The molecule has 1 saturated carbocycles. The van der Waals surface area contributed by atoms with Crippen LogP contribution in [0.5, 0.6) is 0 Å². The summed E-state index contributed by atoms with van der Waals surface area (Å²) in [5, 5.41) is 9.11. The van der Waals surface area contributed by atoms with Crippen LogP contribution in [-0.2, 0) is 4.79 Å². The van der Waals surface area contributed by atoms with Crippen LogP contribution in [0.1, 0.15) is 39.0 Å². The maximum absolute atomic E-state index is 12.2. The van der Waals surface area contributed by atoms with E-state index in [0.717, 1.165) is 38.8 Å². The second kappa shape index (κ2) is 3.84. The Morgan fingerprint density at radius 3 is 2.67 bits per heavy atom. The van der Waals surface area contributed by atoms with Crippen LogP contribution in [0.15, 0.2) is 0 Å². The van der Waals surface area contributed by atoms with Crippen molar-refractivity contribution in [3.8, 4) is 6.07 Å². The van der Waals surface area contributed by atoms with Crippen LogP contribution >= 0.6 is 0 Å². The fourth-order valence-corrected chi connectivity index (χ4v) is 2.58. The molecular formula is C12H18N2O. The Labute approximate surface area is 91.1 Å². The number of hydrogen-bond donors (Lipinski definition) is 0. The molecule has 1 heterocycles. The Kier molecular flexibility index (Phi) is 2.68. The van der Waals surface area contributed by atoms with Gasteiger partial charge in [-0.05, 0) is 38.0 Å². The Balaban J connectivity index is 2.04. The third kappa shape index (κ3) is 1.73. The third-order valence-electron chi connectivity index (χ3n) is 3.77. The molecule has 0 radical (unpaired) electrons. The second-order valence-corrected chi connectivity index (χ2v) is 5.05. The second-order valence-electron chi connectivity index (χ2n) is 5.05. The molecule has 1 unspecified atom stereocenters. The van der Waals surface area contributed by atoms with Crippen molar-refractivity contribution < 1.29 is 4.79 Å². The summed E-state index contributed by atoms with van der Waals surface area (Å²) in [6.45, 7) is 3.88. The molecule has 0 aromatic rings. The van der Waals surface area contributed by atoms with E-state index in [-0.39, 0.29) is 5.91 Å². The maximum atomic E-state index is 12.2. The Bertz CT molecular complexity index is 301. The van der Waals surface area contributed by atoms with Gasteiger partial charge in [-0.15, -0.1) is 0 Å². The summed E-state index contributed by atoms with van der Waals surface area (Å²) in [6.07, 6.45) is 4.88. The molecule has 82 valence electrons. The smallest absolute Gasteiger partial charge is 0.243 e. The summed E-state index contributed by atoms with van der Waals surface area (Å²) >= 11 is 0. The average Bonchev–Trinajstić information content (AvgIpc) is 2.17. The molecule has 2 rings (SSSR count). The molecule has 2 aliphatic rings. The van der Waals surface area contributed by atoms with E-state index in [1.165, 1.54) is 6.42 Å². The molecule has 0 bridgehead atoms. The molecule has 0 spiro atoms. The van der Waals surface area contributed by atoms with Crippen molar-refractivity contribution in [3.05, 3.63) is 0 Å². The van der Waals surface area contributed by atoms with E-state index >= 15 is 0 Å². The molecule has 15 heavy (non-hydrogen) atoms. The monoisotopic (exact) mass is 206 g/mol. The molecule has 1 amide bonds. The minimum absolute atomic E-state index is 0.0998. The highest BCUT2D eigenvalue weighted by atomic mass is 16.2. The first-order valence-corrected chi connectivity index (χ1v) is 5.88. The standard InChI is InChI=1S/C12H18N2O/c1-10-4-2-7-14(8-10)11(15)12(9-13)5-3-6-12/h10H,2-8H2,1H3. The first kappa shape index (κ1) is 10.5. The normalized spacial score (nSPS) is 29.1. The molecule has 0 aromatic carbocycles. The molecule has 1 atom stereocenters.